The van der Waals surface area contributed by atoms with Crippen molar-refractivity contribution in [3.63, 3.8) is 0 Å². The zero-order valence-electron chi connectivity index (χ0n) is 11.9. The molecule has 2 aliphatic heterocycles. The summed E-state index contributed by atoms with van der Waals surface area (Å²) in [5.41, 5.74) is -0.493. The van der Waals surface area contributed by atoms with Crippen LogP contribution < -0.4 is 0 Å². The van der Waals surface area contributed by atoms with E-state index in [0.29, 0.717) is 6.42 Å². The van der Waals surface area contributed by atoms with Crippen LogP contribution in [0.3, 0.4) is 0 Å². The minimum Gasteiger partial charge on any atom is -0.459 e. The quantitative estimate of drug-likeness (QED) is 0.709. The van der Waals surface area contributed by atoms with Crippen molar-refractivity contribution in [3.05, 3.63) is 0 Å². The molecule has 0 N–H and O–H groups in total. The van der Waals surface area contributed by atoms with Gasteiger partial charge in [-0.3, -0.25) is 9.69 Å². The molecule has 2 fully saturated rings. The number of hydrogen-bond donors (Lipinski definition) is 0. The van der Waals surface area contributed by atoms with Gasteiger partial charge in [0.25, 0.3) is 0 Å². The molecule has 2 rings (SSSR count). The fraction of sp³-hybridized carbons (Fsp3) is 0.923. The van der Waals surface area contributed by atoms with E-state index in [4.69, 9.17) is 4.74 Å². The topological polar surface area (TPSA) is 63.7 Å². The van der Waals surface area contributed by atoms with Crippen LogP contribution in [0, 0.1) is 0 Å². The maximum atomic E-state index is 12.2. The molecule has 0 aromatic carbocycles. The normalized spacial score (nSPS) is 31.5. The largest absolute Gasteiger partial charge is 0.459 e. The molecule has 19 heavy (non-hydrogen) atoms. The first-order chi connectivity index (χ1) is 8.68. The molecule has 2 heterocycles. The summed E-state index contributed by atoms with van der Waals surface area (Å²) in [5, 5.41) is 0. The lowest BCUT2D eigenvalue weighted by atomic mass is 10.1. The van der Waals surface area contributed by atoms with E-state index in [1.165, 1.54) is 0 Å². The van der Waals surface area contributed by atoms with Crippen LogP contribution in [-0.2, 0) is 19.4 Å². The average molecular weight is 289 g/mol. The third kappa shape index (κ3) is 3.69. The zero-order valence-corrected chi connectivity index (χ0v) is 12.7. The van der Waals surface area contributed by atoms with E-state index in [2.05, 4.69) is 0 Å². The van der Waals surface area contributed by atoms with E-state index in [1.54, 1.807) is 0 Å². The fourth-order valence-electron chi connectivity index (χ4n) is 2.89. The summed E-state index contributed by atoms with van der Waals surface area (Å²) in [4.78, 5) is 14.2. The van der Waals surface area contributed by atoms with Crippen molar-refractivity contribution in [2.75, 3.05) is 18.1 Å². The second-order valence-electron chi connectivity index (χ2n) is 6.49. The number of nitrogens with zero attached hydrogens (tertiary/aromatic N) is 1. The summed E-state index contributed by atoms with van der Waals surface area (Å²) in [6, 6.07) is -0.275. The molecule has 0 amide bonds. The van der Waals surface area contributed by atoms with Crippen molar-refractivity contribution in [2.24, 2.45) is 0 Å². The van der Waals surface area contributed by atoms with Crippen LogP contribution in [0.1, 0.15) is 40.0 Å². The predicted molar refractivity (Wildman–Crippen MR) is 72.6 cm³/mol. The van der Waals surface area contributed by atoms with E-state index >= 15 is 0 Å². The monoisotopic (exact) mass is 289 g/mol. The highest BCUT2D eigenvalue weighted by Crippen LogP contribution is 2.28. The summed E-state index contributed by atoms with van der Waals surface area (Å²) in [5.74, 6) is 0.218. The molecule has 2 atom stereocenters. The number of likely N-dealkylation sites (tertiary alicyclic amines) is 1. The standard InChI is InChI=1S/C13H23NO4S/c1-13(2,3)18-12(15)11-5-4-7-14(11)10-6-8-19(16,17)9-10/h10-11H,4-9H2,1-3H3/t10?,11-/m1/s1. The first-order valence-corrected chi connectivity index (χ1v) is 8.69. The first-order valence-electron chi connectivity index (χ1n) is 6.87. The number of carbonyl (C=O) groups excluding carboxylic acids is 1. The van der Waals surface area contributed by atoms with E-state index in [-0.39, 0.29) is 29.6 Å². The minimum atomic E-state index is -2.91. The highest BCUT2D eigenvalue weighted by Gasteiger charge is 2.41. The lowest BCUT2D eigenvalue weighted by Gasteiger charge is -2.30. The fourth-order valence-corrected chi connectivity index (χ4v) is 4.63. The lowest BCUT2D eigenvalue weighted by Crippen LogP contribution is -2.46. The third-order valence-corrected chi connectivity index (χ3v) is 5.40. The summed E-state index contributed by atoms with van der Waals surface area (Å²) in [6.45, 7) is 6.35. The van der Waals surface area contributed by atoms with Gasteiger partial charge in [0.2, 0.25) is 0 Å². The summed E-state index contributed by atoms with van der Waals surface area (Å²) >= 11 is 0. The van der Waals surface area contributed by atoms with Gasteiger partial charge in [-0.15, -0.1) is 0 Å². The van der Waals surface area contributed by atoms with Crippen molar-refractivity contribution in [3.8, 4) is 0 Å². The maximum absolute atomic E-state index is 12.2. The van der Waals surface area contributed by atoms with Crippen LogP contribution in [-0.4, -0.2) is 55.0 Å². The minimum absolute atomic E-state index is 0.00924. The molecule has 0 aromatic heterocycles. The van der Waals surface area contributed by atoms with E-state index < -0.39 is 15.4 Å². The van der Waals surface area contributed by atoms with Crippen molar-refractivity contribution >= 4 is 15.8 Å². The molecule has 110 valence electrons. The Balaban J connectivity index is 2.03. The van der Waals surface area contributed by atoms with Crippen molar-refractivity contribution in [2.45, 2.75) is 57.7 Å². The second kappa shape index (κ2) is 5.05. The van der Waals surface area contributed by atoms with Crippen LogP contribution in [0.25, 0.3) is 0 Å². The van der Waals surface area contributed by atoms with Crippen molar-refractivity contribution in [1.29, 1.82) is 0 Å². The number of rotatable bonds is 2. The van der Waals surface area contributed by atoms with Gasteiger partial charge in [0, 0.05) is 6.04 Å². The highest BCUT2D eigenvalue weighted by atomic mass is 32.2. The molecule has 0 radical (unpaired) electrons. The number of carbonyl (C=O) groups is 1. The van der Waals surface area contributed by atoms with Gasteiger partial charge >= 0.3 is 5.97 Å². The molecule has 0 spiro atoms. The third-order valence-electron chi connectivity index (χ3n) is 3.65. The summed E-state index contributed by atoms with van der Waals surface area (Å²) < 4.78 is 28.6. The van der Waals surface area contributed by atoms with Gasteiger partial charge in [-0.2, -0.15) is 0 Å². The highest BCUT2D eigenvalue weighted by molar-refractivity contribution is 7.91. The van der Waals surface area contributed by atoms with Gasteiger partial charge in [0.05, 0.1) is 11.5 Å². The molecule has 5 nitrogen and oxygen atoms in total. The average Bonchev–Trinajstić information content (AvgIpc) is 2.80. The zero-order chi connectivity index (χ0) is 14.3. The smallest absolute Gasteiger partial charge is 0.323 e. The Morgan fingerprint density at radius 2 is 1.95 bits per heavy atom. The molecule has 0 bridgehead atoms. The van der Waals surface area contributed by atoms with Crippen LogP contribution in [0.2, 0.25) is 0 Å². The molecule has 0 aromatic rings. The van der Waals surface area contributed by atoms with Gasteiger partial charge < -0.3 is 4.74 Å². The Hall–Kier alpha value is -0.620. The van der Waals surface area contributed by atoms with E-state index in [9.17, 15) is 13.2 Å². The number of ether oxygens (including phenoxy) is 1. The predicted octanol–water partition coefficient (Wildman–Crippen LogP) is 0.980. The Labute approximate surface area is 115 Å². The Morgan fingerprint density at radius 1 is 1.26 bits per heavy atom. The molecule has 0 saturated carbocycles. The first kappa shape index (κ1) is 14.8. The molecular weight excluding hydrogens is 266 g/mol. The summed E-state index contributed by atoms with van der Waals surface area (Å²) in [6.07, 6.45) is 2.34. The van der Waals surface area contributed by atoms with Gasteiger partial charge in [-0.05, 0) is 46.6 Å². The van der Waals surface area contributed by atoms with Gasteiger partial charge in [0.15, 0.2) is 9.84 Å². The number of sulfone groups is 1. The van der Waals surface area contributed by atoms with Crippen molar-refractivity contribution < 1.29 is 17.9 Å². The van der Waals surface area contributed by atoms with Gasteiger partial charge in [0.1, 0.15) is 11.6 Å². The molecule has 1 unspecified atom stereocenters. The molecule has 2 saturated heterocycles. The number of esters is 1. The lowest BCUT2D eigenvalue weighted by molar-refractivity contribution is -0.161. The number of hydrogen-bond acceptors (Lipinski definition) is 5. The van der Waals surface area contributed by atoms with E-state index in [1.807, 2.05) is 25.7 Å². The van der Waals surface area contributed by atoms with Crippen LogP contribution >= 0.6 is 0 Å². The Kier molecular flexibility index (Phi) is 3.93. The SMILES string of the molecule is CC(C)(C)OC(=O)[C@H]1CCCN1C1CCS(=O)(=O)C1. The summed E-state index contributed by atoms with van der Waals surface area (Å²) in [7, 11) is -2.91. The molecular formula is C13H23NO4S. The molecule has 2 aliphatic rings. The maximum Gasteiger partial charge on any atom is 0.323 e. The van der Waals surface area contributed by atoms with Gasteiger partial charge in [-0.1, -0.05) is 0 Å². The van der Waals surface area contributed by atoms with E-state index in [0.717, 1.165) is 19.4 Å². The second-order valence-corrected chi connectivity index (χ2v) is 8.71. The molecule has 6 heteroatoms. The molecule has 0 aliphatic carbocycles. The Morgan fingerprint density at radius 3 is 2.47 bits per heavy atom. The Bertz CT molecular complexity index is 452. The van der Waals surface area contributed by atoms with Crippen LogP contribution in [0.5, 0.6) is 0 Å². The van der Waals surface area contributed by atoms with Crippen molar-refractivity contribution in [1.82, 2.24) is 4.90 Å². The van der Waals surface area contributed by atoms with Crippen LogP contribution in [0.15, 0.2) is 0 Å². The van der Waals surface area contributed by atoms with Gasteiger partial charge in [-0.25, -0.2) is 8.42 Å². The van der Waals surface area contributed by atoms with Crippen LogP contribution in [0.4, 0.5) is 0 Å².